The van der Waals surface area contributed by atoms with Crippen LogP contribution in [-0.2, 0) is 11.3 Å². The average molecular weight is 222 g/mol. The van der Waals surface area contributed by atoms with Crippen LogP contribution in [-0.4, -0.2) is 18.0 Å². The lowest BCUT2D eigenvalue weighted by atomic mass is 10.1. The predicted octanol–water partition coefficient (Wildman–Crippen LogP) is 1.75. The topological polar surface area (TPSA) is 51.2 Å². The van der Waals surface area contributed by atoms with Gasteiger partial charge < -0.3 is 10.1 Å². The first-order valence-corrected chi connectivity index (χ1v) is 5.37. The normalized spacial score (nSPS) is 10.2. The van der Waals surface area contributed by atoms with Crippen LogP contribution in [0.25, 0.3) is 0 Å². The van der Waals surface area contributed by atoms with E-state index in [1.54, 1.807) is 13.3 Å². The third-order valence-electron chi connectivity index (χ3n) is 2.09. The maximum Gasteiger partial charge on any atom is 0.220 e. The van der Waals surface area contributed by atoms with E-state index in [2.05, 4.69) is 10.3 Å². The van der Waals surface area contributed by atoms with Crippen molar-refractivity contribution in [3.63, 3.8) is 0 Å². The van der Waals surface area contributed by atoms with Crippen molar-refractivity contribution < 1.29 is 9.53 Å². The number of aromatic nitrogens is 1. The molecule has 1 aromatic rings. The van der Waals surface area contributed by atoms with E-state index in [1.807, 2.05) is 26.0 Å². The average Bonchev–Trinajstić information content (AvgIpc) is 2.26. The van der Waals surface area contributed by atoms with Gasteiger partial charge in [0.1, 0.15) is 0 Å². The fourth-order valence-corrected chi connectivity index (χ4v) is 1.32. The SMILES string of the molecule is COc1cc(CNC(=O)CC(C)C)ccn1. The van der Waals surface area contributed by atoms with Gasteiger partial charge in [0.2, 0.25) is 11.8 Å². The lowest BCUT2D eigenvalue weighted by Crippen LogP contribution is -2.23. The molecule has 0 atom stereocenters. The molecule has 4 nitrogen and oxygen atoms in total. The maximum absolute atomic E-state index is 11.4. The molecule has 0 bridgehead atoms. The van der Waals surface area contributed by atoms with E-state index in [0.29, 0.717) is 24.8 Å². The van der Waals surface area contributed by atoms with Crippen molar-refractivity contribution in [3.8, 4) is 5.88 Å². The molecular formula is C12H18N2O2. The molecule has 0 saturated carbocycles. The minimum Gasteiger partial charge on any atom is -0.481 e. The van der Waals surface area contributed by atoms with Crippen molar-refractivity contribution in [1.82, 2.24) is 10.3 Å². The first-order chi connectivity index (χ1) is 7.61. The summed E-state index contributed by atoms with van der Waals surface area (Å²) in [5, 5.41) is 2.86. The first-order valence-electron chi connectivity index (χ1n) is 5.37. The number of methoxy groups -OCH3 is 1. The van der Waals surface area contributed by atoms with Crippen LogP contribution in [0.2, 0.25) is 0 Å². The van der Waals surface area contributed by atoms with Gasteiger partial charge in [-0.25, -0.2) is 4.98 Å². The van der Waals surface area contributed by atoms with Crippen LogP contribution in [0.4, 0.5) is 0 Å². The molecule has 0 aliphatic carbocycles. The maximum atomic E-state index is 11.4. The summed E-state index contributed by atoms with van der Waals surface area (Å²) in [5.41, 5.74) is 0.990. The molecule has 0 radical (unpaired) electrons. The molecule has 0 aromatic carbocycles. The first kappa shape index (κ1) is 12.5. The van der Waals surface area contributed by atoms with Gasteiger partial charge in [0.15, 0.2) is 0 Å². The van der Waals surface area contributed by atoms with E-state index < -0.39 is 0 Å². The van der Waals surface area contributed by atoms with Crippen molar-refractivity contribution in [3.05, 3.63) is 23.9 Å². The summed E-state index contributed by atoms with van der Waals surface area (Å²) < 4.78 is 5.00. The lowest BCUT2D eigenvalue weighted by Gasteiger charge is -2.07. The molecule has 1 heterocycles. The highest BCUT2D eigenvalue weighted by molar-refractivity contribution is 5.76. The summed E-state index contributed by atoms with van der Waals surface area (Å²) >= 11 is 0. The zero-order chi connectivity index (χ0) is 12.0. The number of carbonyl (C=O) groups is 1. The lowest BCUT2D eigenvalue weighted by molar-refractivity contribution is -0.121. The Morgan fingerprint density at radius 1 is 1.56 bits per heavy atom. The Kier molecular flexibility index (Phi) is 4.76. The van der Waals surface area contributed by atoms with Crippen LogP contribution in [0.1, 0.15) is 25.8 Å². The van der Waals surface area contributed by atoms with E-state index in [1.165, 1.54) is 0 Å². The fraction of sp³-hybridized carbons (Fsp3) is 0.500. The van der Waals surface area contributed by atoms with Gasteiger partial charge in [-0.2, -0.15) is 0 Å². The van der Waals surface area contributed by atoms with Crippen LogP contribution < -0.4 is 10.1 Å². The van der Waals surface area contributed by atoms with Gasteiger partial charge in [0.05, 0.1) is 7.11 Å². The molecule has 0 saturated heterocycles. The number of carbonyl (C=O) groups excluding carboxylic acids is 1. The molecule has 0 aliphatic heterocycles. The summed E-state index contributed by atoms with van der Waals surface area (Å²) in [6, 6.07) is 3.67. The highest BCUT2D eigenvalue weighted by atomic mass is 16.5. The molecule has 0 fully saturated rings. The van der Waals surface area contributed by atoms with Crippen LogP contribution in [0.15, 0.2) is 18.3 Å². The second-order valence-electron chi connectivity index (χ2n) is 4.08. The Bertz CT molecular complexity index is 351. The van der Waals surface area contributed by atoms with Crippen molar-refractivity contribution in [2.45, 2.75) is 26.8 Å². The third-order valence-corrected chi connectivity index (χ3v) is 2.09. The van der Waals surface area contributed by atoms with Gasteiger partial charge in [0, 0.05) is 25.2 Å². The zero-order valence-corrected chi connectivity index (χ0v) is 9.99. The van der Waals surface area contributed by atoms with Crippen molar-refractivity contribution in [1.29, 1.82) is 0 Å². The number of hydrogen-bond acceptors (Lipinski definition) is 3. The minimum absolute atomic E-state index is 0.0748. The molecule has 16 heavy (non-hydrogen) atoms. The number of nitrogens with one attached hydrogen (secondary N) is 1. The van der Waals surface area contributed by atoms with E-state index >= 15 is 0 Å². The zero-order valence-electron chi connectivity index (χ0n) is 9.99. The van der Waals surface area contributed by atoms with E-state index in [0.717, 1.165) is 5.56 Å². The summed E-state index contributed by atoms with van der Waals surface area (Å²) in [6.45, 7) is 4.56. The molecule has 1 amide bonds. The molecule has 1 N–H and O–H groups in total. The van der Waals surface area contributed by atoms with E-state index in [4.69, 9.17) is 4.74 Å². The van der Waals surface area contributed by atoms with Crippen molar-refractivity contribution in [2.24, 2.45) is 5.92 Å². The highest BCUT2D eigenvalue weighted by Gasteiger charge is 2.04. The molecule has 0 aliphatic rings. The number of ether oxygens (including phenoxy) is 1. The third kappa shape index (κ3) is 4.29. The minimum atomic E-state index is 0.0748. The second kappa shape index (κ2) is 6.10. The standard InChI is InChI=1S/C12H18N2O2/c1-9(2)6-11(15)14-8-10-4-5-13-12(7-10)16-3/h4-5,7,9H,6,8H2,1-3H3,(H,14,15). The molecular weight excluding hydrogens is 204 g/mol. The largest absolute Gasteiger partial charge is 0.481 e. The van der Waals surface area contributed by atoms with Crippen LogP contribution in [0.5, 0.6) is 5.88 Å². The van der Waals surface area contributed by atoms with Gasteiger partial charge in [-0.3, -0.25) is 4.79 Å². The van der Waals surface area contributed by atoms with Gasteiger partial charge >= 0.3 is 0 Å². The Morgan fingerprint density at radius 2 is 2.31 bits per heavy atom. The van der Waals surface area contributed by atoms with E-state index in [9.17, 15) is 4.79 Å². The number of nitrogens with zero attached hydrogens (tertiary/aromatic N) is 1. The number of rotatable bonds is 5. The summed E-state index contributed by atoms with van der Waals surface area (Å²) in [4.78, 5) is 15.4. The quantitative estimate of drug-likeness (QED) is 0.825. The summed E-state index contributed by atoms with van der Waals surface area (Å²) in [5.74, 6) is 1.02. The van der Waals surface area contributed by atoms with Gasteiger partial charge in [-0.15, -0.1) is 0 Å². The van der Waals surface area contributed by atoms with Crippen LogP contribution >= 0.6 is 0 Å². The smallest absolute Gasteiger partial charge is 0.220 e. The van der Waals surface area contributed by atoms with Crippen molar-refractivity contribution >= 4 is 5.91 Å². The van der Waals surface area contributed by atoms with Crippen LogP contribution in [0.3, 0.4) is 0 Å². The number of pyridine rings is 1. The summed E-state index contributed by atoms with van der Waals surface area (Å²) in [6.07, 6.45) is 2.23. The molecule has 88 valence electrons. The Labute approximate surface area is 96.0 Å². The summed E-state index contributed by atoms with van der Waals surface area (Å²) in [7, 11) is 1.57. The fourth-order valence-electron chi connectivity index (χ4n) is 1.32. The van der Waals surface area contributed by atoms with Crippen LogP contribution in [0, 0.1) is 5.92 Å². The van der Waals surface area contributed by atoms with Crippen molar-refractivity contribution in [2.75, 3.05) is 7.11 Å². The Morgan fingerprint density at radius 3 is 2.94 bits per heavy atom. The molecule has 1 rings (SSSR count). The molecule has 4 heteroatoms. The predicted molar refractivity (Wildman–Crippen MR) is 62.1 cm³/mol. The van der Waals surface area contributed by atoms with Gasteiger partial charge in [-0.05, 0) is 17.5 Å². The molecule has 0 spiro atoms. The van der Waals surface area contributed by atoms with Gasteiger partial charge in [-0.1, -0.05) is 13.8 Å². The van der Waals surface area contributed by atoms with Gasteiger partial charge in [0.25, 0.3) is 0 Å². The Balaban J connectivity index is 2.45. The highest BCUT2D eigenvalue weighted by Crippen LogP contribution is 2.08. The Hall–Kier alpha value is -1.58. The number of amides is 1. The second-order valence-corrected chi connectivity index (χ2v) is 4.08. The monoisotopic (exact) mass is 222 g/mol. The van der Waals surface area contributed by atoms with E-state index in [-0.39, 0.29) is 5.91 Å². The molecule has 1 aromatic heterocycles. The number of hydrogen-bond donors (Lipinski definition) is 1. The molecule has 0 unspecified atom stereocenters.